The fourth-order valence-corrected chi connectivity index (χ4v) is 7.45. The summed E-state index contributed by atoms with van der Waals surface area (Å²) in [6.07, 6.45) is 4.23. The summed E-state index contributed by atoms with van der Waals surface area (Å²) in [5.74, 6) is -0.677. The van der Waals surface area contributed by atoms with Gasteiger partial charge in [-0.25, -0.2) is 8.42 Å². The van der Waals surface area contributed by atoms with Crippen LogP contribution in [-0.2, 0) is 32.6 Å². The molecule has 0 bridgehead atoms. The second-order valence-electron chi connectivity index (χ2n) is 12.3. The van der Waals surface area contributed by atoms with Gasteiger partial charge in [0.2, 0.25) is 11.8 Å². The number of rotatable bonds is 12. The minimum atomic E-state index is -4.14. The Morgan fingerprint density at radius 2 is 1.48 bits per heavy atom. The molecular formula is C38H43N3O4S. The van der Waals surface area contributed by atoms with E-state index in [1.54, 1.807) is 47.4 Å². The molecule has 1 fully saturated rings. The molecule has 0 radical (unpaired) electrons. The zero-order chi connectivity index (χ0) is 32.7. The average Bonchev–Trinajstić information content (AvgIpc) is 3.56. The molecular weight excluding hydrogens is 595 g/mol. The van der Waals surface area contributed by atoms with E-state index in [1.165, 1.54) is 4.31 Å². The van der Waals surface area contributed by atoms with Crippen LogP contribution in [-0.4, -0.2) is 43.8 Å². The minimum Gasteiger partial charge on any atom is -0.352 e. The van der Waals surface area contributed by atoms with Crippen LogP contribution in [0.5, 0.6) is 0 Å². The quantitative estimate of drug-likeness (QED) is 0.192. The van der Waals surface area contributed by atoms with E-state index in [1.807, 2.05) is 81.4 Å². The number of carbonyl (C=O) groups excluding carboxylic acids is 2. The molecule has 4 aromatic carbocycles. The molecule has 0 spiro atoms. The lowest BCUT2D eigenvalue weighted by Gasteiger charge is -2.34. The van der Waals surface area contributed by atoms with Gasteiger partial charge < -0.3 is 10.2 Å². The van der Waals surface area contributed by atoms with Gasteiger partial charge in [-0.15, -0.1) is 0 Å². The summed E-state index contributed by atoms with van der Waals surface area (Å²) in [5.41, 5.74) is 4.98. The number of anilines is 1. The van der Waals surface area contributed by atoms with E-state index < -0.39 is 28.5 Å². The maximum Gasteiger partial charge on any atom is 0.264 e. The van der Waals surface area contributed by atoms with Crippen LogP contribution in [0.2, 0.25) is 0 Å². The van der Waals surface area contributed by atoms with Crippen molar-refractivity contribution >= 4 is 27.5 Å². The Bertz CT molecular complexity index is 1750. The van der Waals surface area contributed by atoms with Gasteiger partial charge in [0.05, 0.1) is 10.6 Å². The highest BCUT2D eigenvalue weighted by Crippen LogP contribution is 2.27. The topological polar surface area (TPSA) is 86.8 Å². The molecule has 0 aromatic heterocycles. The van der Waals surface area contributed by atoms with Gasteiger partial charge in [-0.1, -0.05) is 97.3 Å². The van der Waals surface area contributed by atoms with Gasteiger partial charge in [0.15, 0.2) is 0 Å². The van der Waals surface area contributed by atoms with Crippen molar-refractivity contribution in [2.45, 2.75) is 76.4 Å². The smallest absolute Gasteiger partial charge is 0.264 e. The summed E-state index contributed by atoms with van der Waals surface area (Å²) in [6.45, 7) is 5.45. The summed E-state index contributed by atoms with van der Waals surface area (Å²) >= 11 is 0. The van der Waals surface area contributed by atoms with Crippen LogP contribution >= 0.6 is 0 Å². The molecule has 7 nitrogen and oxygen atoms in total. The van der Waals surface area contributed by atoms with Crippen molar-refractivity contribution in [2.75, 3.05) is 10.8 Å². The van der Waals surface area contributed by atoms with E-state index in [9.17, 15) is 18.0 Å². The Kier molecular flexibility index (Phi) is 10.6. The first kappa shape index (κ1) is 32.9. The Morgan fingerprint density at radius 1 is 0.804 bits per heavy atom. The Balaban J connectivity index is 1.57. The Labute approximate surface area is 273 Å². The van der Waals surface area contributed by atoms with Gasteiger partial charge in [0.25, 0.3) is 10.0 Å². The molecule has 1 aliphatic carbocycles. The molecule has 0 saturated heterocycles. The average molecular weight is 638 g/mol. The highest BCUT2D eigenvalue weighted by molar-refractivity contribution is 7.92. The Hall–Kier alpha value is -4.43. The van der Waals surface area contributed by atoms with Gasteiger partial charge >= 0.3 is 0 Å². The van der Waals surface area contributed by atoms with Crippen molar-refractivity contribution in [1.29, 1.82) is 0 Å². The first-order valence-electron chi connectivity index (χ1n) is 16.0. The third-order valence-electron chi connectivity index (χ3n) is 8.75. The SMILES string of the molecule is Cc1ccc(S(=O)(=O)N(CC(=O)N(Cc2ccccc2C)[C@H](Cc2ccccc2)C(=O)NC2CCCC2)c2cccc(C)c2)cc1. The Morgan fingerprint density at radius 3 is 2.15 bits per heavy atom. The molecule has 1 N–H and O–H groups in total. The van der Waals surface area contributed by atoms with Crippen LogP contribution < -0.4 is 9.62 Å². The van der Waals surface area contributed by atoms with Crippen molar-refractivity contribution in [3.63, 3.8) is 0 Å². The molecule has 0 unspecified atom stereocenters. The fraction of sp³-hybridized carbons (Fsp3) is 0.316. The standard InChI is InChI=1S/C38H43N3O4S/c1-28-20-22-35(23-21-28)46(44,45)41(34-19-11-12-29(2)24-34)27-37(42)40(26-32-16-8-7-13-30(32)3)36(25-31-14-5-4-6-15-31)38(43)39-33-17-9-10-18-33/h4-8,11-16,19-24,33,36H,9-10,17-18,25-27H2,1-3H3,(H,39,43)/t36-/m1/s1. The first-order valence-corrected chi connectivity index (χ1v) is 17.4. The molecule has 1 aliphatic rings. The number of hydrogen-bond acceptors (Lipinski definition) is 4. The van der Waals surface area contributed by atoms with E-state index in [2.05, 4.69) is 5.32 Å². The molecule has 1 atom stereocenters. The number of aryl methyl sites for hydroxylation is 3. The number of sulfonamides is 1. The van der Waals surface area contributed by atoms with Crippen LogP contribution in [0.25, 0.3) is 0 Å². The summed E-state index contributed by atoms with van der Waals surface area (Å²) in [7, 11) is -4.14. The van der Waals surface area contributed by atoms with Crippen molar-refractivity contribution in [3.8, 4) is 0 Å². The van der Waals surface area contributed by atoms with Gasteiger partial charge in [0.1, 0.15) is 12.6 Å². The number of benzene rings is 4. The maximum absolute atomic E-state index is 14.7. The van der Waals surface area contributed by atoms with Crippen LogP contribution in [0.4, 0.5) is 5.69 Å². The molecule has 8 heteroatoms. The second-order valence-corrected chi connectivity index (χ2v) is 14.2. The summed E-state index contributed by atoms with van der Waals surface area (Å²) in [5, 5.41) is 3.22. The van der Waals surface area contributed by atoms with E-state index in [4.69, 9.17) is 0 Å². The predicted molar refractivity (Wildman–Crippen MR) is 183 cm³/mol. The molecule has 46 heavy (non-hydrogen) atoms. The molecule has 0 aliphatic heterocycles. The fourth-order valence-electron chi connectivity index (χ4n) is 6.04. The van der Waals surface area contributed by atoms with Crippen molar-refractivity contribution < 1.29 is 18.0 Å². The summed E-state index contributed by atoms with van der Waals surface area (Å²) in [4.78, 5) is 30.5. The van der Waals surface area contributed by atoms with E-state index in [0.717, 1.165) is 53.5 Å². The number of amides is 2. The molecule has 0 heterocycles. The molecule has 240 valence electrons. The maximum atomic E-state index is 14.7. The highest BCUT2D eigenvalue weighted by Gasteiger charge is 2.35. The summed E-state index contributed by atoms with van der Waals surface area (Å²) in [6, 6.07) is 30.4. The van der Waals surface area contributed by atoms with Gasteiger partial charge in [0, 0.05) is 19.0 Å². The zero-order valence-corrected chi connectivity index (χ0v) is 27.7. The molecule has 2 amide bonds. The molecule has 1 saturated carbocycles. The number of carbonyl (C=O) groups is 2. The van der Waals surface area contributed by atoms with Crippen molar-refractivity contribution in [1.82, 2.24) is 10.2 Å². The second kappa shape index (κ2) is 14.8. The largest absolute Gasteiger partial charge is 0.352 e. The third kappa shape index (κ3) is 8.04. The highest BCUT2D eigenvalue weighted by atomic mass is 32.2. The van der Waals surface area contributed by atoms with Crippen LogP contribution in [0.15, 0.2) is 108 Å². The van der Waals surface area contributed by atoms with E-state index in [0.29, 0.717) is 12.1 Å². The monoisotopic (exact) mass is 637 g/mol. The lowest BCUT2D eigenvalue weighted by Crippen LogP contribution is -2.54. The normalized spacial score (nSPS) is 14.1. The van der Waals surface area contributed by atoms with Crippen LogP contribution in [0, 0.1) is 20.8 Å². The van der Waals surface area contributed by atoms with E-state index >= 15 is 0 Å². The predicted octanol–water partition coefficient (Wildman–Crippen LogP) is 6.51. The lowest BCUT2D eigenvalue weighted by molar-refractivity contribution is -0.140. The van der Waals surface area contributed by atoms with Crippen LogP contribution in [0.3, 0.4) is 0 Å². The number of hydrogen-bond donors (Lipinski definition) is 1. The summed E-state index contributed by atoms with van der Waals surface area (Å²) < 4.78 is 29.6. The van der Waals surface area contributed by atoms with Gasteiger partial charge in [-0.3, -0.25) is 13.9 Å². The first-order chi connectivity index (χ1) is 22.1. The van der Waals surface area contributed by atoms with Crippen LogP contribution in [0.1, 0.15) is 53.5 Å². The molecule has 5 rings (SSSR count). The number of nitrogens with one attached hydrogen (secondary N) is 1. The lowest BCUT2D eigenvalue weighted by atomic mass is 10.0. The van der Waals surface area contributed by atoms with Crippen molar-refractivity contribution in [3.05, 3.63) is 131 Å². The van der Waals surface area contributed by atoms with Gasteiger partial charge in [-0.2, -0.15) is 0 Å². The third-order valence-corrected chi connectivity index (χ3v) is 10.5. The zero-order valence-electron chi connectivity index (χ0n) is 26.9. The molecule has 4 aromatic rings. The minimum absolute atomic E-state index is 0.0619. The van der Waals surface area contributed by atoms with E-state index in [-0.39, 0.29) is 23.4 Å². The number of nitrogens with zero attached hydrogens (tertiary/aromatic N) is 2. The van der Waals surface area contributed by atoms with Crippen molar-refractivity contribution in [2.24, 2.45) is 0 Å². The van der Waals surface area contributed by atoms with Gasteiger partial charge in [-0.05, 0) is 80.1 Å².